The second-order valence-electron chi connectivity index (χ2n) is 2.98. The van der Waals surface area contributed by atoms with Crippen molar-refractivity contribution in [1.82, 2.24) is 10.1 Å². The number of aromatic nitrogens is 2. The minimum Gasteiger partial charge on any atom is -0.331 e. The average molecular weight is 230 g/mol. The summed E-state index contributed by atoms with van der Waals surface area (Å²) >= 11 is 3.73. The quantitative estimate of drug-likeness (QED) is 0.722. The van der Waals surface area contributed by atoms with E-state index in [9.17, 15) is 4.79 Å². The topological polar surface area (TPSA) is 56.0 Å². The fraction of sp³-hybridized carbons (Fsp3) is 0.625. The van der Waals surface area contributed by atoms with Gasteiger partial charge in [-0.15, -0.1) is 11.8 Å². The summed E-state index contributed by atoms with van der Waals surface area (Å²) in [6.07, 6.45) is 0.585. The molecule has 1 saturated heterocycles. The number of aldehydes is 1. The van der Waals surface area contributed by atoms with Crippen molar-refractivity contribution in [3.8, 4) is 0 Å². The molecule has 0 bridgehead atoms. The molecule has 14 heavy (non-hydrogen) atoms. The molecule has 1 fully saturated rings. The summed E-state index contributed by atoms with van der Waals surface area (Å²) < 4.78 is 4.76. The Morgan fingerprint density at radius 3 is 2.93 bits per heavy atom. The zero-order chi connectivity index (χ0) is 9.97. The van der Waals surface area contributed by atoms with E-state index in [0.717, 1.165) is 5.75 Å². The van der Waals surface area contributed by atoms with Crippen molar-refractivity contribution in [3.63, 3.8) is 0 Å². The van der Waals surface area contributed by atoms with Crippen LogP contribution in [0.4, 0.5) is 0 Å². The Morgan fingerprint density at radius 2 is 2.29 bits per heavy atom. The van der Waals surface area contributed by atoms with Gasteiger partial charge in [0, 0.05) is 16.8 Å². The molecule has 1 aromatic heterocycles. The lowest BCUT2D eigenvalue weighted by Crippen LogP contribution is -2.16. The van der Waals surface area contributed by atoms with Crippen LogP contribution in [-0.2, 0) is 0 Å². The van der Waals surface area contributed by atoms with Crippen molar-refractivity contribution in [3.05, 3.63) is 11.7 Å². The van der Waals surface area contributed by atoms with Crippen LogP contribution in [0.5, 0.6) is 0 Å². The van der Waals surface area contributed by atoms with Crippen LogP contribution < -0.4 is 0 Å². The van der Waals surface area contributed by atoms with E-state index >= 15 is 0 Å². The smallest absolute Gasteiger partial charge is 0.290 e. The Balaban J connectivity index is 2.16. The van der Waals surface area contributed by atoms with Gasteiger partial charge < -0.3 is 4.52 Å². The highest BCUT2D eigenvalue weighted by Crippen LogP contribution is 2.40. The number of hydrogen-bond donors (Lipinski definition) is 0. The van der Waals surface area contributed by atoms with Crippen LogP contribution in [0.1, 0.15) is 28.7 Å². The summed E-state index contributed by atoms with van der Waals surface area (Å²) in [7, 11) is 0. The molecule has 0 radical (unpaired) electrons. The molecule has 0 spiro atoms. The van der Waals surface area contributed by atoms with Crippen molar-refractivity contribution < 1.29 is 9.32 Å². The van der Waals surface area contributed by atoms with E-state index in [2.05, 4.69) is 17.1 Å². The summed E-state index contributed by atoms with van der Waals surface area (Å²) in [5.41, 5.74) is 0. The average Bonchev–Trinajstić information content (AvgIpc) is 2.67. The summed E-state index contributed by atoms with van der Waals surface area (Å²) in [5, 5.41) is 4.54. The summed E-state index contributed by atoms with van der Waals surface area (Å²) in [6.45, 7) is 2.15. The number of rotatable bonds is 2. The van der Waals surface area contributed by atoms with Gasteiger partial charge in [0.15, 0.2) is 5.82 Å². The van der Waals surface area contributed by atoms with Crippen molar-refractivity contribution in [1.29, 1.82) is 0 Å². The van der Waals surface area contributed by atoms with Crippen LogP contribution in [0.3, 0.4) is 0 Å². The molecule has 2 unspecified atom stereocenters. The van der Waals surface area contributed by atoms with Gasteiger partial charge in [-0.1, -0.05) is 12.1 Å². The second-order valence-corrected chi connectivity index (χ2v) is 5.71. The molecule has 0 amide bonds. The molecule has 1 aromatic rings. The maximum atomic E-state index is 10.4. The van der Waals surface area contributed by atoms with Gasteiger partial charge in [0.2, 0.25) is 6.29 Å². The molecule has 0 aliphatic carbocycles. The Hall–Kier alpha value is -0.490. The number of thioether (sulfide) groups is 2. The number of nitrogens with zero attached hydrogens (tertiary/aromatic N) is 2. The molecule has 1 aliphatic rings. The summed E-state index contributed by atoms with van der Waals surface area (Å²) in [6, 6.07) is 0. The van der Waals surface area contributed by atoms with Gasteiger partial charge in [0.25, 0.3) is 5.89 Å². The molecule has 0 aromatic carbocycles. The fourth-order valence-corrected chi connectivity index (χ4v) is 4.01. The van der Waals surface area contributed by atoms with Gasteiger partial charge in [-0.2, -0.15) is 16.7 Å². The minimum atomic E-state index is 0.0726. The Morgan fingerprint density at radius 1 is 1.50 bits per heavy atom. The van der Waals surface area contributed by atoms with Gasteiger partial charge in [-0.25, -0.2) is 0 Å². The molecule has 4 nitrogen and oxygen atoms in total. The first-order valence-electron chi connectivity index (χ1n) is 4.33. The van der Waals surface area contributed by atoms with Crippen molar-refractivity contribution in [2.45, 2.75) is 17.4 Å². The molecular weight excluding hydrogens is 220 g/mol. The number of carbonyl (C=O) groups excluding carboxylic acids is 1. The highest BCUT2D eigenvalue weighted by atomic mass is 32.2. The van der Waals surface area contributed by atoms with Crippen LogP contribution in [0.2, 0.25) is 0 Å². The number of hydrogen-bond acceptors (Lipinski definition) is 6. The lowest BCUT2D eigenvalue weighted by Gasteiger charge is -2.24. The van der Waals surface area contributed by atoms with Crippen LogP contribution >= 0.6 is 23.5 Å². The lowest BCUT2D eigenvalue weighted by molar-refractivity contribution is 0.108. The second kappa shape index (κ2) is 4.35. The third-order valence-electron chi connectivity index (χ3n) is 2.00. The van der Waals surface area contributed by atoms with Gasteiger partial charge >= 0.3 is 0 Å². The van der Waals surface area contributed by atoms with Gasteiger partial charge in [-0.3, -0.25) is 4.79 Å². The minimum absolute atomic E-state index is 0.0726. The van der Waals surface area contributed by atoms with E-state index in [1.165, 1.54) is 5.75 Å². The molecule has 6 heteroatoms. The first kappa shape index (κ1) is 10.0. The van der Waals surface area contributed by atoms with Crippen molar-refractivity contribution >= 4 is 29.8 Å². The largest absolute Gasteiger partial charge is 0.331 e. The van der Waals surface area contributed by atoms with Gasteiger partial charge in [0.05, 0.1) is 5.25 Å². The summed E-state index contributed by atoms with van der Waals surface area (Å²) in [5.74, 6) is 2.99. The SMILES string of the molecule is CC1SCCSC1c1noc(C=O)n1. The Labute approximate surface area is 90.2 Å². The fourth-order valence-electron chi connectivity index (χ4n) is 1.33. The highest BCUT2D eigenvalue weighted by Gasteiger charge is 2.28. The molecule has 0 N–H and O–H groups in total. The third kappa shape index (κ3) is 1.95. The van der Waals surface area contributed by atoms with E-state index in [4.69, 9.17) is 4.52 Å². The monoisotopic (exact) mass is 230 g/mol. The lowest BCUT2D eigenvalue weighted by atomic mass is 10.3. The van der Waals surface area contributed by atoms with Crippen molar-refractivity contribution in [2.24, 2.45) is 0 Å². The molecule has 0 saturated carbocycles. The van der Waals surface area contributed by atoms with Crippen LogP contribution in [0.15, 0.2) is 4.52 Å². The predicted octanol–water partition coefficient (Wildman–Crippen LogP) is 1.79. The van der Waals surface area contributed by atoms with Crippen LogP contribution in [-0.4, -0.2) is 33.2 Å². The van der Waals surface area contributed by atoms with E-state index in [0.29, 0.717) is 17.4 Å². The maximum Gasteiger partial charge on any atom is 0.290 e. The summed E-state index contributed by atoms with van der Waals surface area (Å²) in [4.78, 5) is 14.4. The van der Waals surface area contributed by atoms with Gasteiger partial charge in [-0.05, 0) is 0 Å². The number of carbonyl (C=O) groups is 1. The molecule has 2 rings (SSSR count). The Kier molecular flexibility index (Phi) is 3.12. The molecule has 1 aliphatic heterocycles. The first-order valence-corrected chi connectivity index (χ1v) is 6.43. The normalized spacial score (nSPS) is 27.5. The van der Waals surface area contributed by atoms with Gasteiger partial charge in [0.1, 0.15) is 0 Å². The zero-order valence-corrected chi connectivity index (χ0v) is 9.31. The molecule has 76 valence electrons. The first-order chi connectivity index (χ1) is 6.81. The van der Waals surface area contributed by atoms with Crippen LogP contribution in [0, 0.1) is 0 Å². The van der Waals surface area contributed by atoms with E-state index in [1.54, 1.807) is 0 Å². The molecular formula is C8H10N2O2S2. The van der Waals surface area contributed by atoms with Crippen LogP contribution in [0.25, 0.3) is 0 Å². The highest BCUT2D eigenvalue weighted by molar-refractivity contribution is 8.06. The zero-order valence-electron chi connectivity index (χ0n) is 7.67. The van der Waals surface area contributed by atoms with E-state index < -0.39 is 0 Å². The predicted molar refractivity (Wildman–Crippen MR) is 56.8 cm³/mol. The van der Waals surface area contributed by atoms with Crippen molar-refractivity contribution in [2.75, 3.05) is 11.5 Å². The van der Waals surface area contributed by atoms with E-state index in [1.807, 2.05) is 23.5 Å². The van der Waals surface area contributed by atoms with E-state index in [-0.39, 0.29) is 11.1 Å². The molecule has 2 heterocycles. The third-order valence-corrected chi connectivity index (χ3v) is 5.09. The standard InChI is InChI=1S/C8H10N2O2S2/c1-5-7(14-3-2-13-5)8-9-6(4-11)12-10-8/h4-5,7H,2-3H2,1H3. The molecule has 2 atom stereocenters. The maximum absolute atomic E-state index is 10.4. The Bertz CT molecular complexity index is 329.